The molecule has 1 aliphatic rings. The number of hydrogen-bond donors (Lipinski definition) is 1. The van der Waals surface area contributed by atoms with Crippen molar-refractivity contribution in [3.8, 4) is 11.4 Å². The van der Waals surface area contributed by atoms with E-state index >= 15 is 0 Å². The summed E-state index contributed by atoms with van der Waals surface area (Å²) >= 11 is 0. The van der Waals surface area contributed by atoms with Crippen LogP contribution in [0.3, 0.4) is 0 Å². The van der Waals surface area contributed by atoms with Crippen LogP contribution in [0.4, 0.5) is 5.69 Å². The van der Waals surface area contributed by atoms with Crippen molar-refractivity contribution >= 4 is 11.6 Å². The zero-order valence-electron chi connectivity index (χ0n) is 16.0. The number of amides is 1. The first-order valence-corrected chi connectivity index (χ1v) is 9.65. The van der Waals surface area contributed by atoms with Crippen LogP contribution < -0.4 is 5.32 Å². The molecule has 0 radical (unpaired) electrons. The Kier molecular flexibility index (Phi) is 5.48. The zero-order valence-corrected chi connectivity index (χ0v) is 16.0. The third-order valence-corrected chi connectivity index (χ3v) is 5.02. The molecule has 1 N–H and O–H groups in total. The zero-order chi connectivity index (χ0) is 19.3. The summed E-state index contributed by atoms with van der Waals surface area (Å²) in [5.41, 5.74) is 2.92. The van der Waals surface area contributed by atoms with E-state index in [9.17, 15) is 4.79 Å². The first kappa shape index (κ1) is 18.4. The third kappa shape index (κ3) is 4.46. The summed E-state index contributed by atoms with van der Waals surface area (Å²) in [4.78, 5) is 19.4. The molecule has 3 aromatic rings. The molecule has 2 aromatic carbocycles. The largest absolute Gasteiger partial charge is 0.338 e. The molecule has 1 atom stereocenters. The molecule has 28 heavy (non-hydrogen) atoms. The number of aromatic nitrogens is 2. The molecule has 6 nitrogen and oxygen atoms in total. The van der Waals surface area contributed by atoms with Gasteiger partial charge in [-0.05, 0) is 44.0 Å². The summed E-state index contributed by atoms with van der Waals surface area (Å²) in [6.07, 6.45) is 1.87. The Hall–Kier alpha value is -2.99. The summed E-state index contributed by atoms with van der Waals surface area (Å²) in [5.74, 6) is 1.22. The van der Waals surface area contributed by atoms with Gasteiger partial charge in [0.1, 0.15) is 0 Å². The minimum atomic E-state index is -0.0363. The van der Waals surface area contributed by atoms with Crippen LogP contribution in [0.5, 0.6) is 0 Å². The number of likely N-dealkylation sites (tertiary alicyclic amines) is 1. The minimum absolute atomic E-state index is 0.0363. The fourth-order valence-corrected chi connectivity index (χ4v) is 3.60. The van der Waals surface area contributed by atoms with E-state index in [1.54, 1.807) is 0 Å². The first-order chi connectivity index (χ1) is 13.7. The number of carbonyl (C=O) groups excluding carboxylic acids is 1. The van der Waals surface area contributed by atoms with Crippen LogP contribution in [0.1, 0.15) is 24.3 Å². The second-order valence-corrected chi connectivity index (χ2v) is 7.31. The van der Waals surface area contributed by atoms with Crippen LogP contribution in [-0.2, 0) is 11.3 Å². The van der Waals surface area contributed by atoms with Crippen molar-refractivity contribution in [3.63, 3.8) is 0 Å². The van der Waals surface area contributed by atoms with Crippen molar-refractivity contribution in [1.29, 1.82) is 0 Å². The molecular formula is C22H24N4O2. The molecule has 4 rings (SSSR count). The van der Waals surface area contributed by atoms with Crippen LogP contribution in [0.15, 0.2) is 59.1 Å². The lowest BCUT2D eigenvalue weighted by Crippen LogP contribution is -2.40. The Balaban J connectivity index is 1.36. The highest BCUT2D eigenvalue weighted by atomic mass is 16.5. The molecular weight excluding hydrogens is 352 g/mol. The van der Waals surface area contributed by atoms with Crippen molar-refractivity contribution in [2.45, 2.75) is 26.3 Å². The van der Waals surface area contributed by atoms with Gasteiger partial charge in [0.25, 0.3) is 0 Å². The fraction of sp³-hybridized carbons (Fsp3) is 0.318. The predicted octanol–water partition coefficient (Wildman–Crippen LogP) is 3.90. The van der Waals surface area contributed by atoms with Gasteiger partial charge in [0.05, 0.1) is 12.5 Å². The smallest absolute Gasteiger partial charge is 0.241 e. The van der Waals surface area contributed by atoms with Gasteiger partial charge in [-0.2, -0.15) is 4.98 Å². The van der Waals surface area contributed by atoms with Gasteiger partial charge >= 0.3 is 0 Å². The Morgan fingerprint density at radius 1 is 1.21 bits per heavy atom. The molecule has 144 valence electrons. The van der Waals surface area contributed by atoms with E-state index in [1.165, 1.54) is 0 Å². The molecule has 2 heterocycles. The van der Waals surface area contributed by atoms with Gasteiger partial charge in [-0.1, -0.05) is 47.6 Å². The maximum absolute atomic E-state index is 12.7. The number of nitrogens with zero attached hydrogens (tertiary/aromatic N) is 3. The second-order valence-electron chi connectivity index (χ2n) is 7.31. The Labute approximate surface area is 164 Å². The van der Waals surface area contributed by atoms with E-state index < -0.39 is 0 Å². The molecule has 0 aliphatic carbocycles. The molecule has 1 amide bonds. The number of piperidine rings is 1. The molecule has 1 unspecified atom stereocenters. The molecule has 0 spiro atoms. The third-order valence-electron chi connectivity index (χ3n) is 5.02. The average Bonchev–Trinajstić information content (AvgIpc) is 3.17. The highest BCUT2D eigenvalue weighted by Gasteiger charge is 2.27. The van der Waals surface area contributed by atoms with Gasteiger partial charge in [-0.25, -0.2) is 0 Å². The van der Waals surface area contributed by atoms with E-state index in [1.807, 2.05) is 61.5 Å². The van der Waals surface area contributed by atoms with Crippen LogP contribution in [0, 0.1) is 12.8 Å². The van der Waals surface area contributed by atoms with E-state index in [0.29, 0.717) is 24.8 Å². The molecule has 6 heteroatoms. The van der Waals surface area contributed by atoms with Crippen LogP contribution >= 0.6 is 0 Å². The van der Waals surface area contributed by atoms with Crippen molar-refractivity contribution < 1.29 is 9.32 Å². The summed E-state index contributed by atoms with van der Waals surface area (Å²) < 4.78 is 5.42. The first-order valence-electron chi connectivity index (χ1n) is 9.65. The predicted molar refractivity (Wildman–Crippen MR) is 108 cm³/mol. The number of aryl methyl sites for hydroxylation is 1. The summed E-state index contributed by atoms with van der Waals surface area (Å²) in [7, 11) is 0. The van der Waals surface area contributed by atoms with E-state index in [0.717, 1.165) is 36.2 Å². The molecule has 1 aliphatic heterocycles. The van der Waals surface area contributed by atoms with Gasteiger partial charge < -0.3 is 9.84 Å². The lowest BCUT2D eigenvalue weighted by Gasteiger charge is -2.30. The number of anilines is 1. The lowest BCUT2D eigenvalue weighted by molar-refractivity contribution is -0.121. The second kappa shape index (κ2) is 8.35. The number of carbonyl (C=O) groups is 1. The van der Waals surface area contributed by atoms with Crippen LogP contribution in [0.25, 0.3) is 11.4 Å². The normalized spacial score (nSPS) is 17.4. The van der Waals surface area contributed by atoms with Gasteiger partial charge in [-0.15, -0.1) is 0 Å². The fourth-order valence-electron chi connectivity index (χ4n) is 3.60. The molecule has 1 fully saturated rings. The van der Waals surface area contributed by atoms with Crippen molar-refractivity contribution in [3.05, 3.63) is 66.1 Å². The van der Waals surface area contributed by atoms with Gasteiger partial charge in [-0.3, -0.25) is 9.69 Å². The van der Waals surface area contributed by atoms with Crippen molar-refractivity contribution in [2.75, 3.05) is 18.4 Å². The highest BCUT2D eigenvalue weighted by molar-refractivity contribution is 5.92. The summed E-state index contributed by atoms with van der Waals surface area (Å²) in [6, 6.07) is 17.7. The number of benzene rings is 2. The molecule has 0 bridgehead atoms. The van der Waals surface area contributed by atoms with Crippen molar-refractivity contribution in [1.82, 2.24) is 15.0 Å². The highest BCUT2D eigenvalue weighted by Crippen LogP contribution is 2.22. The monoisotopic (exact) mass is 376 g/mol. The van der Waals surface area contributed by atoms with Gasteiger partial charge in [0, 0.05) is 17.8 Å². The molecule has 1 aromatic heterocycles. The summed E-state index contributed by atoms with van der Waals surface area (Å²) in [5, 5.41) is 7.12. The average molecular weight is 376 g/mol. The van der Waals surface area contributed by atoms with Crippen LogP contribution in [-0.4, -0.2) is 34.0 Å². The Morgan fingerprint density at radius 3 is 2.89 bits per heavy atom. The quantitative estimate of drug-likeness (QED) is 0.731. The van der Waals surface area contributed by atoms with Crippen molar-refractivity contribution in [2.24, 2.45) is 5.92 Å². The lowest BCUT2D eigenvalue weighted by atomic mass is 9.97. The maximum atomic E-state index is 12.7. The standard InChI is InChI=1S/C22H24N4O2/c1-16-7-5-11-19(13-16)23-22(27)18-10-6-12-26(14-18)15-20-24-21(25-28-20)17-8-3-2-4-9-17/h2-5,7-9,11,13,18H,6,10,12,14-15H2,1H3,(H,23,27). The SMILES string of the molecule is Cc1cccc(NC(=O)C2CCCN(Cc3nc(-c4ccccc4)no3)C2)c1. The minimum Gasteiger partial charge on any atom is -0.338 e. The Morgan fingerprint density at radius 2 is 2.07 bits per heavy atom. The number of hydrogen-bond acceptors (Lipinski definition) is 5. The maximum Gasteiger partial charge on any atom is 0.241 e. The van der Waals surface area contributed by atoms with Gasteiger partial charge in [0.15, 0.2) is 0 Å². The summed E-state index contributed by atoms with van der Waals surface area (Å²) in [6.45, 7) is 4.21. The Bertz CT molecular complexity index is 938. The molecule has 0 saturated carbocycles. The van der Waals surface area contributed by atoms with E-state index in [-0.39, 0.29) is 11.8 Å². The van der Waals surface area contributed by atoms with Crippen LogP contribution in [0.2, 0.25) is 0 Å². The van der Waals surface area contributed by atoms with Gasteiger partial charge in [0.2, 0.25) is 17.6 Å². The van der Waals surface area contributed by atoms with E-state index in [2.05, 4.69) is 20.4 Å². The van der Waals surface area contributed by atoms with E-state index in [4.69, 9.17) is 4.52 Å². The number of rotatable bonds is 5. The topological polar surface area (TPSA) is 71.3 Å². The number of nitrogens with one attached hydrogen (secondary N) is 1. The molecule has 1 saturated heterocycles.